The van der Waals surface area contributed by atoms with E-state index in [-0.39, 0.29) is 0 Å². The van der Waals surface area contributed by atoms with Gasteiger partial charge in [-0.05, 0) is 58.4 Å². The van der Waals surface area contributed by atoms with Gasteiger partial charge in [-0.25, -0.2) is 0 Å². The maximum Gasteiger partial charge on any atom is 0.0126 e. The lowest BCUT2D eigenvalue weighted by molar-refractivity contribution is 0.0379. The Labute approximate surface area is 132 Å². The van der Waals surface area contributed by atoms with Gasteiger partial charge in [-0.3, -0.25) is 4.90 Å². The highest BCUT2D eigenvalue weighted by Gasteiger charge is 2.35. The molecule has 0 aromatic rings. The van der Waals surface area contributed by atoms with Gasteiger partial charge in [0, 0.05) is 44.3 Å². The molecule has 1 saturated heterocycles. The topological polar surface area (TPSA) is 18.5 Å². The first kappa shape index (κ1) is 17.2. The van der Waals surface area contributed by atoms with Crippen LogP contribution < -0.4 is 5.32 Å². The summed E-state index contributed by atoms with van der Waals surface area (Å²) in [6.07, 6.45) is 4.08. The minimum Gasteiger partial charge on any atom is -0.317 e. The molecule has 2 atom stereocenters. The Bertz CT molecular complexity index is 324. The van der Waals surface area contributed by atoms with Crippen LogP contribution in [0.4, 0.5) is 0 Å². The highest BCUT2D eigenvalue weighted by Crippen LogP contribution is 2.39. The van der Waals surface area contributed by atoms with Crippen LogP contribution >= 0.6 is 0 Å². The second-order valence-corrected chi connectivity index (χ2v) is 9.02. The molecule has 124 valence electrons. The summed E-state index contributed by atoms with van der Waals surface area (Å²) in [4.78, 5) is 5.34. The van der Waals surface area contributed by atoms with Crippen molar-refractivity contribution in [2.75, 3.05) is 39.8 Å². The summed E-state index contributed by atoms with van der Waals surface area (Å²) in [5, 5.41) is 3.58. The van der Waals surface area contributed by atoms with Crippen molar-refractivity contribution in [3.8, 4) is 0 Å². The summed E-state index contributed by atoms with van der Waals surface area (Å²) >= 11 is 0. The molecule has 0 spiro atoms. The van der Waals surface area contributed by atoms with Crippen molar-refractivity contribution in [3.05, 3.63) is 0 Å². The molecule has 1 aliphatic carbocycles. The van der Waals surface area contributed by atoms with Gasteiger partial charge < -0.3 is 10.2 Å². The number of nitrogens with one attached hydrogen (secondary N) is 1. The van der Waals surface area contributed by atoms with Gasteiger partial charge in [0.15, 0.2) is 0 Å². The Kier molecular flexibility index (Phi) is 5.38. The monoisotopic (exact) mass is 295 g/mol. The van der Waals surface area contributed by atoms with Crippen molar-refractivity contribution in [2.24, 2.45) is 11.3 Å². The number of hydrogen-bond acceptors (Lipinski definition) is 3. The first-order chi connectivity index (χ1) is 9.71. The molecule has 1 N–H and O–H groups in total. The van der Waals surface area contributed by atoms with E-state index in [1.54, 1.807) is 0 Å². The lowest BCUT2D eigenvalue weighted by atomic mass is 9.69. The molecule has 3 nitrogen and oxygen atoms in total. The standard InChI is InChI=1S/C18H37N3/c1-17(2,3)21-11-9-20(10-12-21)14-15-13-18(4,5)8-7-16(15)19-6/h15-16,19H,7-14H2,1-6H3. The van der Waals surface area contributed by atoms with E-state index >= 15 is 0 Å². The Morgan fingerprint density at radius 3 is 2.24 bits per heavy atom. The van der Waals surface area contributed by atoms with E-state index in [4.69, 9.17) is 0 Å². The minimum atomic E-state index is 0.326. The van der Waals surface area contributed by atoms with E-state index in [1.165, 1.54) is 52.0 Å². The van der Waals surface area contributed by atoms with E-state index in [9.17, 15) is 0 Å². The Morgan fingerprint density at radius 1 is 1.10 bits per heavy atom. The zero-order chi connectivity index (χ0) is 15.7. The Morgan fingerprint density at radius 2 is 1.71 bits per heavy atom. The zero-order valence-corrected chi connectivity index (χ0v) is 15.2. The number of hydrogen-bond donors (Lipinski definition) is 1. The van der Waals surface area contributed by atoms with E-state index < -0.39 is 0 Å². The molecule has 2 aliphatic rings. The summed E-state index contributed by atoms with van der Waals surface area (Å²) < 4.78 is 0. The summed E-state index contributed by atoms with van der Waals surface area (Å²) in [6.45, 7) is 18.1. The molecule has 0 aromatic carbocycles. The first-order valence-electron chi connectivity index (χ1n) is 8.86. The molecule has 2 unspecified atom stereocenters. The van der Waals surface area contributed by atoms with Gasteiger partial charge in [0.2, 0.25) is 0 Å². The summed E-state index contributed by atoms with van der Waals surface area (Å²) in [5.41, 5.74) is 0.859. The third-order valence-corrected chi connectivity index (χ3v) is 5.70. The van der Waals surface area contributed by atoms with E-state index in [2.05, 4.69) is 56.8 Å². The van der Waals surface area contributed by atoms with Gasteiger partial charge in [0.05, 0.1) is 0 Å². The SMILES string of the molecule is CNC1CCC(C)(C)CC1CN1CCN(C(C)(C)C)CC1. The van der Waals surface area contributed by atoms with Gasteiger partial charge in [-0.1, -0.05) is 13.8 Å². The predicted octanol–water partition coefficient (Wildman–Crippen LogP) is 2.82. The van der Waals surface area contributed by atoms with Crippen molar-refractivity contribution >= 4 is 0 Å². The van der Waals surface area contributed by atoms with Gasteiger partial charge >= 0.3 is 0 Å². The number of nitrogens with zero attached hydrogens (tertiary/aromatic N) is 2. The van der Waals surface area contributed by atoms with Crippen LogP contribution in [0.2, 0.25) is 0 Å². The van der Waals surface area contributed by atoms with Gasteiger partial charge in [0.1, 0.15) is 0 Å². The highest BCUT2D eigenvalue weighted by molar-refractivity contribution is 4.91. The van der Waals surface area contributed by atoms with Crippen LogP contribution in [-0.2, 0) is 0 Å². The fourth-order valence-corrected chi connectivity index (χ4v) is 4.24. The molecule has 2 fully saturated rings. The number of piperazine rings is 1. The summed E-state index contributed by atoms with van der Waals surface area (Å²) in [5.74, 6) is 0.819. The lowest BCUT2D eigenvalue weighted by Gasteiger charge is -2.46. The van der Waals surface area contributed by atoms with Crippen LogP contribution in [0.3, 0.4) is 0 Å². The maximum absolute atomic E-state index is 3.58. The quantitative estimate of drug-likeness (QED) is 0.864. The third-order valence-electron chi connectivity index (χ3n) is 5.70. The molecule has 1 saturated carbocycles. The van der Waals surface area contributed by atoms with Crippen molar-refractivity contribution < 1.29 is 0 Å². The normalized spacial score (nSPS) is 32.3. The second kappa shape index (κ2) is 6.55. The van der Waals surface area contributed by atoms with Crippen LogP contribution in [0.5, 0.6) is 0 Å². The van der Waals surface area contributed by atoms with Crippen LogP contribution in [0.1, 0.15) is 53.9 Å². The molecule has 0 amide bonds. The van der Waals surface area contributed by atoms with Gasteiger partial charge in [0.25, 0.3) is 0 Å². The van der Waals surface area contributed by atoms with E-state index in [1.807, 2.05) is 0 Å². The molecular weight excluding hydrogens is 258 g/mol. The minimum absolute atomic E-state index is 0.326. The fourth-order valence-electron chi connectivity index (χ4n) is 4.24. The third kappa shape index (κ3) is 4.67. The average Bonchev–Trinajstić information content (AvgIpc) is 2.37. The summed E-state index contributed by atoms with van der Waals surface area (Å²) in [6, 6.07) is 0.721. The molecule has 1 aliphatic heterocycles. The molecule has 0 bridgehead atoms. The first-order valence-corrected chi connectivity index (χ1v) is 8.86. The van der Waals surface area contributed by atoms with Crippen LogP contribution in [0, 0.1) is 11.3 Å². The maximum atomic E-state index is 3.58. The van der Waals surface area contributed by atoms with Crippen molar-refractivity contribution in [2.45, 2.75) is 65.5 Å². The van der Waals surface area contributed by atoms with Gasteiger partial charge in [-0.2, -0.15) is 0 Å². The molecule has 0 aromatic heterocycles. The van der Waals surface area contributed by atoms with Crippen LogP contribution in [-0.4, -0.2) is 61.2 Å². The van der Waals surface area contributed by atoms with Gasteiger partial charge in [-0.15, -0.1) is 0 Å². The Hall–Kier alpha value is -0.120. The molecular formula is C18H37N3. The highest BCUT2D eigenvalue weighted by atomic mass is 15.3. The van der Waals surface area contributed by atoms with Crippen LogP contribution in [0.15, 0.2) is 0 Å². The molecule has 2 rings (SSSR count). The Balaban J connectivity index is 1.86. The zero-order valence-electron chi connectivity index (χ0n) is 15.2. The second-order valence-electron chi connectivity index (χ2n) is 9.02. The van der Waals surface area contributed by atoms with E-state index in [0.717, 1.165) is 12.0 Å². The molecule has 3 heteroatoms. The number of rotatable bonds is 3. The molecule has 0 radical (unpaired) electrons. The fraction of sp³-hybridized carbons (Fsp3) is 1.00. The smallest absolute Gasteiger partial charge is 0.0126 e. The van der Waals surface area contributed by atoms with Crippen molar-refractivity contribution in [3.63, 3.8) is 0 Å². The van der Waals surface area contributed by atoms with E-state index in [0.29, 0.717) is 11.0 Å². The van der Waals surface area contributed by atoms with Crippen LogP contribution in [0.25, 0.3) is 0 Å². The lowest BCUT2D eigenvalue weighted by Crippen LogP contribution is -2.55. The molecule has 1 heterocycles. The molecule has 21 heavy (non-hydrogen) atoms. The van der Waals surface area contributed by atoms with Crippen molar-refractivity contribution in [1.82, 2.24) is 15.1 Å². The predicted molar refractivity (Wildman–Crippen MR) is 91.7 cm³/mol. The van der Waals surface area contributed by atoms with Crippen molar-refractivity contribution in [1.29, 1.82) is 0 Å². The summed E-state index contributed by atoms with van der Waals surface area (Å²) in [7, 11) is 2.15. The largest absolute Gasteiger partial charge is 0.317 e. The average molecular weight is 296 g/mol.